The first kappa shape index (κ1) is 17.9. The lowest BCUT2D eigenvalue weighted by Crippen LogP contribution is -2.44. The van der Waals surface area contributed by atoms with E-state index in [2.05, 4.69) is 15.5 Å². The Morgan fingerprint density at radius 3 is 2.43 bits per heavy atom. The maximum absolute atomic E-state index is 12.9. The van der Waals surface area contributed by atoms with Crippen LogP contribution in [0.1, 0.15) is 24.8 Å². The molecule has 7 nitrogen and oxygen atoms in total. The van der Waals surface area contributed by atoms with Crippen LogP contribution in [0.15, 0.2) is 65.2 Å². The van der Waals surface area contributed by atoms with Crippen molar-refractivity contribution in [2.45, 2.75) is 31.8 Å². The Morgan fingerprint density at radius 1 is 1.04 bits per heavy atom. The molecule has 0 saturated carbocycles. The molecule has 28 heavy (non-hydrogen) atoms. The van der Waals surface area contributed by atoms with E-state index in [0.717, 1.165) is 16.0 Å². The van der Waals surface area contributed by atoms with Crippen molar-refractivity contribution in [3.63, 3.8) is 0 Å². The Labute approximate surface area is 162 Å². The van der Waals surface area contributed by atoms with Gasteiger partial charge in [-0.2, -0.15) is 4.98 Å². The van der Waals surface area contributed by atoms with Gasteiger partial charge in [0, 0.05) is 5.56 Å². The third kappa shape index (κ3) is 3.51. The van der Waals surface area contributed by atoms with Gasteiger partial charge in [-0.3, -0.25) is 9.69 Å². The van der Waals surface area contributed by atoms with Crippen LogP contribution in [0.2, 0.25) is 0 Å². The molecule has 1 atom stereocenters. The number of hydrogen-bond donors (Lipinski definition) is 1. The minimum absolute atomic E-state index is 0.0502. The quantitative estimate of drug-likeness (QED) is 0.668. The van der Waals surface area contributed by atoms with Crippen LogP contribution in [0.3, 0.4) is 0 Å². The standard InChI is InChI=1S/C21H20N4O3/c1-21(13-12-15-8-4-2-5-9-15)19(26)25(20(27)23-21)14-17-22-18(24-28-17)16-10-6-3-7-11-16/h2-11H,12-14H2,1H3,(H,23,27)/t21-/m0/s1. The van der Waals surface area contributed by atoms with Crippen LogP contribution in [0.4, 0.5) is 4.79 Å². The van der Waals surface area contributed by atoms with Crippen molar-refractivity contribution in [1.82, 2.24) is 20.4 Å². The number of benzene rings is 2. The molecule has 142 valence electrons. The van der Waals surface area contributed by atoms with Crippen molar-refractivity contribution in [3.8, 4) is 11.4 Å². The minimum atomic E-state index is -0.949. The molecule has 1 N–H and O–H groups in total. The molecule has 0 spiro atoms. The van der Waals surface area contributed by atoms with Gasteiger partial charge in [-0.1, -0.05) is 65.8 Å². The average Bonchev–Trinajstić information content (AvgIpc) is 3.27. The van der Waals surface area contributed by atoms with E-state index in [1.807, 2.05) is 60.7 Å². The summed E-state index contributed by atoms with van der Waals surface area (Å²) >= 11 is 0. The van der Waals surface area contributed by atoms with Gasteiger partial charge in [0.1, 0.15) is 12.1 Å². The maximum atomic E-state index is 12.9. The van der Waals surface area contributed by atoms with Crippen LogP contribution >= 0.6 is 0 Å². The fourth-order valence-electron chi connectivity index (χ4n) is 3.26. The molecular weight excluding hydrogens is 356 g/mol. The Bertz CT molecular complexity index is 987. The van der Waals surface area contributed by atoms with E-state index in [9.17, 15) is 9.59 Å². The van der Waals surface area contributed by atoms with Gasteiger partial charge >= 0.3 is 6.03 Å². The first-order valence-corrected chi connectivity index (χ1v) is 9.11. The molecule has 2 aromatic carbocycles. The molecule has 1 fully saturated rings. The smallest absolute Gasteiger partial charge is 0.325 e. The number of hydrogen-bond acceptors (Lipinski definition) is 5. The summed E-state index contributed by atoms with van der Waals surface area (Å²) in [5, 5.41) is 6.74. The van der Waals surface area contributed by atoms with Crippen molar-refractivity contribution in [3.05, 3.63) is 72.1 Å². The fraction of sp³-hybridized carbons (Fsp3) is 0.238. The highest BCUT2D eigenvalue weighted by Gasteiger charge is 2.47. The predicted molar refractivity (Wildman–Crippen MR) is 102 cm³/mol. The molecule has 1 saturated heterocycles. The van der Waals surface area contributed by atoms with Crippen molar-refractivity contribution >= 4 is 11.9 Å². The summed E-state index contributed by atoms with van der Waals surface area (Å²) in [5.41, 5.74) is 0.978. The predicted octanol–water partition coefficient (Wildman–Crippen LogP) is 3.18. The molecule has 0 bridgehead atoms. The van der Waals surface area contributed by atoms with Crippen LogP contribution in [-0.4, -0.2) is 32.5 Å². The van der Waals surface area contributed by atoms with Crippen LogP contribution in [0, 0.1) is 0 Å². The van der Waals surface area contributed by atoms with Crippen LogP contribution in [0.5, 0.6) is 0 Å². The van der Waals surface area contributed by atoms with Gasteiger partial charge < -0.3 is 9.84 Å². The summed E-state index contributed by atoms with van der Waals surface area (Å²) in [7, 11) is 0. The molecule has 1 aromatic heterocycles. The number of nitrogens with zero attached hydrogens (tertiary/aromatic N) is 3. The van der Waals surface area contributed by atoms with Crippen molar-refractivity contribution < 1.29 is 14.1 Å². The minimum Gasteiger partial charge on any atom is -0.337 e. The number of nitrogens with one attached hydrogen (secondary N) is 1. The first-order chi connectivity index (χ1) is 13.5. The third-order valence-corrected chi connectivity index (χ3v) is 4.90. The van der Waals surface area contributed by atoms with Gasteiger partial charge in [-0.05, 0) is 25.3 Å². The molecular formula is C21H20N4O3. The van der Waals surface area contributed by atoms with Gasteiger partial charge in [0.25, 0.3) is 5.91 Å². The molecule has 2 heterocycles. The zero-order chi connectivity index (χ0) is 19.6. The number of rotatable bonds is 6. The van der Waals surface area contributed by atoms with Crippen LogP contribution in [0.25, 0.3) is 11.4 Å². The largest absolute Gasteiger partial charge is 0.337 e. The molecule has 1 aliphatic heterocycles. The number of amides is 3. The maximum Gasteiger partial charge on any atom is 0.325 e. The lowest BCUT2D eigenvalue weighted by atomic mass is 9.93. The summed E-state index contributed by atoms with van der Waals surface area (Å²) in [5.74, 6) is 0.358. The first-order valence-electron chi connectivity index (χ1n) is 9.11. The monoisotopic (exact) mass is 376 g/mol. The van der Waals surface area contributed by atoms with Crippen molar-refractivity contribution in [2.24, 2.45) is 0 Å². The van der Waals surface area contributed by atoms with Gasteiger partial charge in [-0.25, -0.2) is 4.79 Å². The lowest BCUT2D eigenvalue weighted by molar-refractivity contribution is -0.131. The molecule has 4 rings (SSSR count). The molecule has 3 aromatic rings. The summed E-state index contributed by atoms with van der Waals surface area (Å²) in [4.78, 5) is 30.7. The number of imide groups is 1. The van der Waals surface area contributed by atoms with E-state index in [1.165, 1.54) is 0 Å². The number of carbonyl (C=O) groups is 2. The Kier molecular flexibility index (Phi) is 4.65. The van der Waals surface area contributed by atoms with Gasteiger partial charge in [0.2, 0.25) is 11.7 Å². The van der Waals surface area contributed by atoms with Crippen LogP contribution < -0.4 is 5.32 Å². The number of carbonyl (C=O) groups excluding carboxylic acids is 2. The number of urea groups is 1. The molecule has 3 amide bonds. The summed E-state index contributed by atoms with van der Waals surface area (Å²) < 4.78 is 5.24. The topological polar surface area (TPSA) is 88.3 Å². The zero-order valence-electron chi connectivity index (χ0n) is 15.5. The van der Waals surface area contributed by atoms with Crippen molar-refractivity contribution in [2.75, 3.05) is 0 Å². The van der Waals surface area contributed by atoms with Gasteiger partial charge in [0.15, 0.2) is 0 Å². The summed E-state index contributed by atoms with van der Waals surface area (Å²) in [6.45, 7) is 1.70. The van der Waals surface area contributed by atoms with E-state index in [1.54, 1.807) is 6.92 Å². The normalized spacial score (nSPS) is 19.1. The highest BCUT2D eigenvalue weighted by atomic mass is 16.5. The van der Waals surface area contributed by atoms with Gasteiger partial charge in [-0.15, -0.1) is 0 Å². The van der Waals surface area contributed by atoms with E-state index in [4.69, 9.17) is 4.52 Å². The van der Waals surface area contributed by atoms with E-state index < -0.39 is 11.6 Å². The SMILES string of the molecule is C[C@@]1(CCc2ccccc2)NC(=O)N(Cc2nc(-c3ccccc3)no2)C1=O. The van der Waals surface area contributed by atoms with Gasteiger partial charge in [0.05, 0.1) is 0 Å². The molecule has 1 aliphatic rings. The van der Waals surface area contributed by atoms with E-state index in [-0.39, 0.29) is 18.3 Å². The second-order valence-electron chi connectivity index (χ2n) is 7.02. The molecule has 0 aliphatic carbocycles. The Hall–Kier alpha value is -3.48. The fourth-order valence-corrected chi connectivity index (χ4v) is 3.26. The zero-order valence-corrected chi connectivity index (χ0v) is 15.5. The Morgan fingerprint density at radius 2 is 1.71 bits per heavy atom. The molecule has 0 radical (unpaired) electrons. The molecule has 7 heteroatoms. The highest BCUT2D eigenvalue weighted by Crippen LogP contribution is 2.25. The van der Waals surface area contributed by atoms with E-state index in [0.29, 0.717) is 18.7 Å². The second kappa shape index (κ2) is 7.26. The number of aromatic nitrogens is 2. The lowest BCUT2D eigenvalue weighted by Gasteiger charge is -2.21. The third-order valence-electron chi connectivity index (χ3n) is 4.90. The van der Waals surface area contributed by atoms with Crippen LogP contribution in [-0.2, 0) is 17.8 Å². The highest BCUT2D eigenvalue weighted by molar-refractivity contribution is 6.06. The van der Waals surface area contributed by atoms with Crippen molar-refractivity contribution in [1.29, 1.82) is 0 Å². The average molecular weight is 376 g/mol. The Balaban J connectivity index is 1.45. The number of aryl methyl sites for hydroxylation is 1. The summed E-state index contributed by atoms with van der Waals surface area (Å²) in [6.07, 6.45) is 1.20. The molecule has 0 unspecified atom stereocenters. The summed E-state index contributed by atoms with van der Waals surface area (Å²) in [6, 6.07) is 18.8. The second-order valence-corrected chi connectivity index (χ2v) is 7.02. The van der Waals surface area contributed by atoms with E-state index >= 15 is 0 Å².